The summed E-state index contributed by atoms with van der Waals surface area (Å²) in [6, 6.07) is 4.93. The largest absolute Gasteiger partial charge is 0.399 e. The molecule has 0 unspecified atom stereocenters. The monoisotopic (exact) mass is 255 g/mol. The first-order valence-electron chi connectivity index (χ1n) is 5.37. The van der Waals surface area contributed by atoms with Crippen LogP contribution in [0.2, 0.25) is 5.02 Å². The highest BCUT2D eigenvalue weighted by Crippen LogP contribution is 2.20. The number of carbonyl (C=O) groups is 1. The van der Waals surface area contributed by atoms with E-state index in [0.717, 1.165) is 6.54 Å². The summed E-state index contributed by atoms with van der Waals surface area (Å²) in [6.45, 7) is 1.47. The summed E-state index contributed by atoms with van der Waals surface area (Å²) in [5, 5.41) is 0.395. The molecule has 0 saturated carbocycles. The molecule has 1 aromatic carbocycles. The van der Waals surface area contributed by atoms with Gasteiger partial charge in [-0.05, 0) is 32.3 Å². The Morgan fingerprint density at radius 2 is 1.94 bits per heavy atom. The van der Waals surface area contributed by atoms with Crippen LogP contribution in [0.25, 0.3) is 0 Å². The smallest absolute Gasteiger partial charge is 0.255 e. The van der Waals surface area contributed by atoms with Crippen molar-refractivity contribution in [2.24, 2.45) is 0 Å². The van der Waals surface area contributed by atoms with Gasteiger partial charge in [0.2, 0.25) is 0 Å². The summed E-state index contributed by atoms with van der Waals surface area (Å²) in [6.07, 6.45) is 0. The molecule has 0 aliphatic carbocycles. The second kappa shape index (κ2) is 5.89. The molecule has 0 fully saturated rings. The van der Waals surface area contributed by atoms with E-state index in [0.29, 0.717) is 22.8 Å². The molecule has 94 valence electrons. The van der Waals surface area contributed by atoms with Crippen LogP contribution in [0, 0.1) is 0 Å². The summed E-state index contributed by atoms with van der Waals surface area (Å²) >= 11 is 5.99. The van der Waals surface area contributed by atoms with Gasteiger partial charge in [0.25, 0.3) is 5.91 Å². The number of amides is 1. The molecule has 0 spiro atoms. The minimum atomic E-state index is -0.0862. The van der Waals surface area contributed by atoms with Gasteiger partial charge in [-0.2, -0.15) is 0 Å². The zero-order chi connectivity index (χ0) is 13.0. The molecule has 0 saturated heterocycles. The zero-order valence-electron chi connectivity index (χ0n) is 10.4. The van der Waals surface area contributed by atoms with Crippen molar-refractivity contribution in [3.05, 3.63) is 28.8 Å². The lowest BCUT2D eigenvalue weighted by molar-refractivity contribution is 0.0786. The Morgan fingerprint density at radius 1 is 1.29 bits per heavy atom. The minimum absolute atomic E-state index is 0.0862. The van der Waals surface area contributed by atoms with Crippen LogP contribution in [-0.4, -0.2) is 49.9 Å². The lowest BCUT2D eigenvalue weighted by Crippen LogP contribution is -2.33. The first-order chi connectivity index (χ1) is 7.91. The van der Waals surface area contributed by atoms with E-state index in [1.807, 2.05) is 19.0 Å². The maximum absolute atomic E-state index is 12.1. The van der Waals surface area contributed by atoms with Gasteiger partial charge in [0.1, 0.15) is 0 Å². The number of nitrogens with two attached hydrogens (primary N) is 1. The van der Waals surface area contributed by atoms with E-state index >= 15 is 0 Å². The van der Waals surface area contributed by atoms with Gasteiger partial charge < -0.3 is 15.5 Å². The molecule has 1 aromatic rings. The summed E-state index contributed by atoms with van der Waals surface area (Å²) < 4.78 is 0. The van der Waals surface area contributed by atoms with Gasteiger partial charge in [-0.25, -0.2) is 0 Å². The van der Waals surface area contributed by atoms with Crippen LogP contribution in [0.15, 0.2) is 18.2 Å². The summed E-state index contributed by atoms with van der Waals surface area (Å²) in [5.41, 5.74) is 6.63. The average molecular weight is 256 g/mol. The van der Waals surface area contributed by atoms with Gasteiger partial charge in [-0.15, -0.1) is 0 Å². The van der Waals surface area contributed by atoms with E-state index in [9.17, 15) is 4.79 Å². The first-order valence-corrected chi connectivity index (χ1v) is 5.75. The standard InChI is InChI=1S/C12H18ClN3O/c1-15(2)6-7-16(3)12(17)10-5-4-9(14)8-11(10)13/h4-5,8H,6-7,14H2,1-3H3. The minimum Gasteiger partial charge on any atom is -0.399 e. The number of anilines is 1. The number of carbonyl (C=O) groups excluding carboxylic acids is 1. The molecule has 1 rings (SSSR count). The molecule has 0 aliphatic heterocycles. The number of halogens is 1. The van der Waals surface area contributed by atoms with E-state index < -0.39 is 0 Å². The van der Waals surface area contributed by atoms with E-state index in [4.69, 9.17) is 17.3 Å². The molecule has 0 aliphatic rings. The van der Waals surface area contributed by atoms with Crippen molar-refractivity contribution < 1.29 is 4.79 Å². The van der Waals surface area contributed by atoms with Crippen LogP contribution < -0.4 is 5.73 Å². The van der Waals surface area contributed by atoms with Crippen LogP contribution in [0.4, 0.5) is 5.69 Å². The van der Waals surface area contributed by atoms with E-state index in [2.05, 4.69) is 0 Å². The van der Waals surface area contributed by atoms with Crippen molar-refractivity contribution >= 4 is 23.2 Å². The summed E-state index contributed by atoms with van der Waals surface area (Å²) in [5.74, 6) is -0.0862. The molecule has 17 heavy (non-hydrogen) atoms. The Labute approximate surface area is 107 Å². The Hall–Kier alpha value is -1.26. The molecule has 0 aromatic heterocycles. The fourth-order valence-corrected chi connectivity index (χ4v) is 1.63. The molecule has 1 amide bonds. The number of likely N-dealkylation sites (N-methyl/N-ethyl adjacent to an activating group) is 2. The van der Waals surface area contributed by atoms with E-state index in [1.54, 1.807) is 30.1 Å². The van der Waals surface area contributed by atoms with Gasteiger partial charge in [0.15, 0.2) is 0 Å². The molecule has 0 heterocycles. The van der Waals surface area contributed by atoms with E-state index in [-0.39, 0.29) is 5.91 Å². The molecule has 0 atom stereocenters. The van der Waals surface area contributed by atoms with Gasteiger partial charge in [-0.1, -0.05) is 11.6 Å². The van der Waals surface area contributed by atoms with Crippen molar-refractivity contribution in [2.75, 3.05) is 40.0 Å². The number of benzene rings is 1. The summed E-state index contributed by atoms with van der Waals surface area (Å²) in [7, 11) is 5.70. The molecule has 4 nitrogen and oxygen atoms in total. The molecule has 5 heteroatoms. The molecule has 2 N–H and O–H groups in total. The van der Waals surface area contributed by atoms with E-state index in [1.165, 1.54) is 0 Å². The normalized spacial score (nSPS) is 10.6. The van der Waals surface area contributed by atoms with Crippen molar-refractivity contribution in [2.45, 2.75) is 0 Å². The van der Waals surface area contributed by atoms with Gasteiger partial charge in [-0.3, -0.25) is 4.79 Å². The lowest BCUT2D eigenvalue weighted by atomic mass is 10.2. The van der Waals surface area contributed by atoms with Crippen molar-refractivity contribution in [1.29, 1.82) is 0 Å². The maximum atomic E-state index is 12.1. The predicted molar refractivity (Wildman–Crippen MR) is 71.4 cm³/mol. The zero-order valence-corrected chi connectivity index (χ0v) is 11.2. The second-order valence-electron chi connectivity index (χ2n) is 4.27. The first kappa shape index (κ1) is 13.8. The lowest BCUT2D eigenvalue weighted by Gasteiger charge is -2.20. The quantitative estimate of drug-likeness (QED) is 0.831. The fraction of sp³-hybridized carbons (Fsp3) is 0.417. The van der Waals surface area contributed by atoms with Crippen molar-refractivity contribution in [3.63, 3.8) is 0 Å². The highest BCUT2D eigenvalue weighted by Gasteiger charge is 2.14. The SMILES string of the molecule is CN(C)CCN(C)C(=O)c1ccc(N)cc1Cl. The van der Waals surface area contributed by atoms with Gasteiger partial charge >= 0.3 is 0 Å². The fourth-order valence-electron chi connectivity index (χ4n) is 1.36. The third kappa shape index (κ3) is 3.91. The second-order valence-corrected chi connectivity index (χ2v) is 4.68. The molecule has 0 bridgehead atoms. The highest BCUT2D eigenvalue weighted by molar-refractivity contribution is 6.34. The van der Waals surface area contributed by atoms with Gasteiger partial charge in [0.05, 0.1) is 10.6 Å². The van der Waals surface area contributed by atoms with Gasteiger partial charge in [0, 0.05) is 25.8 Å². The highest BCUT2D eigenvalue weighted by atomic mass is 35.5. The maximum Gasteiger partial charge on any atom is 0.255 e. The van der Waals surface area contributed by atoms with Crippen LogP contribution in [0.1, 0.15) is 10.4 Å². The Balaban J connectivity index is 2.75. The Morgan fingerprint density at radius 3 is 2.47 bits per heavy atom. The predicted octanol–water partition coefficient (Wildman–Crippen LogP) is 1.56. The molecular weight excluding hydrogens is 238 g/mol. The molecular formula is C12H18ClN3O. The average Bonchev–Trinajstić information content (AvgIpc) is 2.25. The topological polar surface area (TPSA) is 49.6 Å². The summed E-state index contributed by atoms with van der Waals surface area (Å²) in [4.78, 5) is 15.7. The molecule has 0 radical (unpaired) electrons. The third-order valence-corrected chi connectivity index (χ3v) is 2.77. The van der Waals surface area contributed by atoms with Crippen molar-refractivity contribution in [1.82, 2.24) is 9.80 Å². The Kier molecular flexibility index (Phi) is 4.78. The van der Waals surface area contributed by atoms with Crippen LogP contribution >= 0.6 is 11.6 Å². The van der Waals surface area contributed by atoms with Crippen molar-refractivity contribution in [3.8, 4) is 0 Å². The number of hydrogen-bond donors (Lipinski definition) is 1. The third-order valence-electron chi connectivity index (χ3n) is 2.45. The number of nitrogen functional groups attached to an aromatic ring is 1. The van der Waals surface area contributed by atoms with Crippen LogP contribution in [0.5, 0.6) is 0 Å². The Bertz CT molecular complexity index is 407. The number of rotatable bonds is 4. The van der Waals surface area contributed by atoms with Crippen LogP contribution in [0.3, 0.4) is 0 Å². The number of hydrogen-bond acceptors (Lipinski definition) is 3. The number of nitrogens with zero attached hydrogens (tertiary/aromatic N) is 2. The van der Waals surface area contributed by atoms with Crippen LogP contribution in [-0.2, 0) is 0 Å².